The van der Waals surface area contributed by atoms with E-state index in [0.717, 1.165) is 24.2 Å². The molecule has 0 bridgehead atoms. The van der Waals surface area contributed by atoms with Crippen LogP contribution in [-0.4, -0.2) is 47.9 Å². The lowest BCUT2D eigenvalue weighted by atomic mass is 10.2. The Balaban J connectivity index is 1.88. The number of ether oxygens (including phenoxy) is 1. The smallest absolute Gasteiger partial charge is 0.338 e. The van der Waals surface area contributed by atoms with Gasteiger partial charge < -0.3 is 15.4 Å². The molecule has 1 aliphatic heterocycles. The molecule has 1 fully saturated rings. The summed E-state index contributed by atoms with van der Waals surface area (Å²) >= 11 is 0. The van der Waals surface area contributed by atoms with Crippen molar-refractivity contribution in [1.29, 1.82) is 0 Å². The first-order valence-corrected chi connectivity index (χ1v) is 9.15. The summed E-state index contributed by atoms with van der Waals surface area (Å²) in [6.45, 7) is 3.94. The van der Waals surface area contributed by atoms with Crippen molar-refractivity contribution in [3.63, 3.8) is 0 Å². The highest BCUT2D eigenvalue weighted by atomic mass is 16.5. The third-order valence-electron chi connectivity index (χ3n) is 4.12. The minimum Gasteiger partial charge on any atom is -0.462 e. The van der Waals surface area contributed by atoms with Crippen LogP contribution in [0.1, 0.15) is 49.9 Å². The van der Waals surface area contributed by atoms with Crippen LogP contribution in [0.3, 0.4) is 0 Å². The Kier molecular flexibility index (Phi) is 7.34. The molecule has 2 N–H and O–H groups in total. The highest BCUT2D eigenvalue weighted by Crippen LogP contribution is 2.13. The summed E-state index contributed by atoms with van der Waals surface area (Å²) in [6, 6.07) is 5.12. The summed E-state index contributed by atoms with van der Waals surface area (Å²) in [5.74, 6) is -1.29. The number of esters is 1. The molecule has 0 aromatic heterocycles. The van der Waals surface area contributed by atoms with Crippen molar-refractivity contribution in [2.45, 2.75) is 45.6 Å². The summed E-state index contributed by atoms with van der Waals surface area (Å²) in [5, 5.41) is 5.18. The van der Waals surface area contributed by atoms with Crippen molar-refractivity contribution in [3.8, 4) is 0 Å². The molecule has 1 aromatic rings. The fraction of sp³-hybridized carbons (Fsp3) is 0.474. The second-order valence-electron chi connectivity index (χ2n) is 6.33. The van der Waals surface area contributed by atoms with E-state index in [2.05, 4.69) is 10.6 Å². The Labute approximate surface area is 158 Å². The van der Waals surface area contributed by atoms with E-state index >= 15 is 0 Å². The van der Waals surface area contributed by atoms with Gasteiger partial charge in [0.2, 0.25) is 5.91 Å². The van der Waals surface area contributed by atoms with Crippen LogP contribution in [0.15, 0.2) is 24.3 Å². The van der Waals surface area contributed by atoms with Crippen molar-refractivity contribution >= 4 is 29.5 Å². The number of benzene rings is 1. The second kappa shape index (κ2) is 9.70. The first-order chi connectivity index (χ1) is 13.0. The fourth-order valence-corrected chi connectivity index (χ4v) is 2.64. The molecule has 0 aliphatic carbocycles. The Hall–Kier alpha value is -2.90. The summed E-state index contributed by atoms with van der Waals surface area (Å²) in [4.78, 5) is 48.9. The maximum Gasteiger partial charge on any atom is 0.338 e. The van der Waals surface area contributed by atoms with Crippen LogP contribution in [0, 0.1) is 0 Å². The average molecular weight is 375 g/mol. The summed E-state index contributed by atoms with van der Waals surface area (Å²) in [6.07, 6.45) is 3.04. The standard InChI is InChI=1S/C19H25N3O5/c1-3-5-11-27-18(25)13-7-9-14(10-8-13)20-16(23)12-22-17(24)15(6-4-2)21-19(22)26/h7-10,15H,3-6,11-12H2,1-2H3,(H,20,23)(H,21,26)/t15-/m0/s1. The Morgan fingerprint density at radius 2 is 1.85 bits per heavy atom. The number of amides is 4. The zero-order valence-corrected chi connectivity index (χ0v) is 15.6. The fourth-order valence-electron chi connectivity index (χ4n) is 2.64. The van der Waals surface area contributed by atoms with Gasteiger partial charge in [0, 0.05) is 5.69 Å². The van der Waals surface area contributed by atoms with E-state index in [1.54, 1.807) is 24.3 Å². The SMILES string of the molecule is CCCCOC(=O)c1ccc(NC(=O)CN2C(=O)N[C@@H](CCC)C2=O)cc1. The van der Waals surface area contributed by atoms with Gasteiger partial charge >= 0.3 is 12.0 Å². The van der Waals surface area contributed by atoms with E-state index in [4.69, 9.17) is 4.74 Å². The minimum atomic E-state index is -0.562. The van der Waals surface area contributed by atoms with Gasteiger partial charge in [-0.15, -0.1) is 0 Å². The average Bonchev–Trinajstić information content (AvgIpc) is 2.90. The van der Waals surface area contributed by atoms with Crippen molar-refractivity contribution in [1.82, 2.24) is 10.2 Å². The molecule has 0 spiro atoms. The molecule has 4 amide bonds. The molecule has 1 aromatic carbocycles. The molecule has 8 nitrogen and oxygen atoms in total. The topological polar surface area (TPSA) is 105 Å². The predicted molar refractivity (Wildman–Crippen MR) is 99.2 cm³/mol. The molecule has 0 unspecified atom stereocenters. The van der Waals surface area contributed by atoms with Gasteiger partial charge in [-0.25, -0.2) is 9.59 Å². The third-order valence-corrected chi connectivity index (χ3v) is 4.12. The van der Waals surface area contributed by atoms with Crippen molar-refractivity contribution in [2.24, 2.45) is 0 Å². The number of unbranched alkanes of at least 4 members (excludes halogenated alkanes) is 1. The molecule has 2 rings (SSSR count). The first kappa shape index (κ1) is 20.4. The van der Waals surface area contributed by atoms with E-state index in [1.807, 2.05) is 13.8 Å². The van der Waals surface area contributed by atoms with E-state index in [9.17, 15) is 19.2 Å². The van der Waals surface area contributed by atoms with Gasteiger partial charge in [-0.1, -0.05) is 26.7 Å². The Bertz CT molecular complexity index is 702. The monoisotopic (exact) mass is 375 g/mol. The maximum absolute atomic E-state index is 12.1. The summed E-state index contributed by atoms with van der Waals surface area (Å²) in [5.41, 5.74) is 0.850. The van der Waals surface area contributed by atoms with Gasteiger partial charge in [-0.2, -0.15) is 0 Å². The minimum absolute atomic E-state index is 0.355. The number of carbonyl (C=O) groups is 4. The molecule has 1 aliphatic rings. The molecule has 146 valence electrons. The lowest BCUT2D eigenvalue weighted by Gasteiger charge is -2.13. The van der Waals surface area contributed by atoms with Gasteiger partial charge in [-0.3, -0.25) is 14.5 Å². The van der Waals surface area contributed by atoms with Crippen molar-refractivity contribution < 1.29 is 23.9 Å². The number of urea groups is 1. The molecule has 1 atom stereocenters. The number of anilines is 1. The molecule has 8 heteroatoms. The number of nitrogens with one attached hydrogen (secondary N) is 2. The highest BCUT2D eigenvalue weighted by Gasteiger charge is 2.38. The van der Waals surface area contributed by atoms with Crippen LogP contribution in [0.25, 0.3) is 0 Å². The third kappa shape index (κ3) is 5.54. The molecular formula is C19H25N3O5. The lowest BCUT2D eigenvalue weighted by Crippen LogP contribution is -2.38. The van der Waals surface area contributed by atoms with Crippen molar-refractivity contribution in [2.75, 3.05) is 18.5 Å². The van der Waals surface area contributed by atoms with Crippen molar-refractivity contribution in [3.05, 3.63) is 29.8 Å². The van der Waals surface area contributed by atoms with Gasteiger partial charge in [-0.05, 0) is 37.1 Å². The number of nitrogens with zero attached hydrogens (tertiary/aromatic N) is 1. The predicted octanol–water partition coefficient (Wildman–Crippen LogP) is 2.30. The molecule has 1 saturated heterocycles. The normalized spacial score (nSPS) is 16.2. The van der Waals surface area contributed by atoms with Gasteiger partial charge in [0.1, 0.15) is 12.6 Å². The number of hydrogen-bond acceptors (Lipinski definition) is 5. The first-order valence-electron chi connectivity index (χ1n) is 9.15. The van der Waals surface area contributed by atoms with Crippen LogP contribution in [-0.2, 0) is 14.3 Å². The van der Waals surface area contributed by atoms with E-state index in [0.29, 0.717) is 24.3 Å². The van der Waals surface area contributed by atoms with Gasteiger partial charge in [0.25, 0.3) is 5.91 Å². The Morgan fingerprint density at radius 1 is 1.15 bits per heavy atom. The zero-order valence-electron chi connectivity index (χ0n) is 15.6. The van der Waals surface area contributed by atoms with E-state index in [-0.39, 0.29) is 12.5 Å². The molecular weight excluding hydrogens is 350 g/mol. The van der Waals surface area contributed by atoms with Crippen LogP contribution in [0.4, 0.5) is 10.5 Å². The molecule has 0 radical (unpaired) electrons. The summed E-state index contributed by atoms with van der Waals surface area (Å²) in [7, 11) is 0. The van der Waals surface area contributed by atoms with Crippen LogP contribution >= 0.6 is 0 Å². The molecule has 0 saturated carbocycles. The maximum atomic E-state index is 12.1. The Morgan fingerprint density at radius 3 is 2.48 bits per heavy atom. The lowest BCUT2D eigenvalue weighted by molar-refractivity contribution is -0.130. The van der Waals surface area contributed by atoms with Crippen LogP contribution < -0.4 is 10.6 Å². The quantitative estimate of drug-likeness (QED) is 0.391. The molecule has 1 heterocycles. The number of rotatable bonds is 9. The van der Waals surface area contributed by atoms with Crippen LogP contribution in [0.5, 0.6) is 0 Å². The summed E-state index contributed by atoms with van der Waals surface area (Å²) < 4.78 is 5.12. The number of imide groups is 1. The second-order valence-corrected chi connectivity index (χ2v) is 6.33. The van der Waals surface area contributed by atoms with Gasteiger partial charge in [0.15, 0.2) is 0 Å². The van der Waals surface area contributed by atoms with E-state index in [1.165, 1.54) is 0 Å². The van der Waals surface area contributed by atoms with Crippen LogP contribution in [0.2, 0.25) is 0 Å². The highest BCUT2D eigenvalue weighted by molar-refractivity contribution is 6.07. The number of hydrogen-bond donors (Lipinski definition) is 2. The largest absolute Gasteiger partial charge is 0.462 e. The molecule has 27 heavy (non-hydrogen) atoms. The number of carbonyl (C=O) groups excluding carboxylic acids is 4. The van der Waals surface area contributed by atoms with E-state index < -0.39 is 23.9 Å². The zero-order chi connectivity index (χ0) is 19.8. The van der Waals surface area contributed by atoms with Gasteiger partial charge in [0.05, 0.1) is 12.2 Å².